The number of rotatable bonds is 3. The Morgan fingerprint density at radius 1 is 1.25 bits per heavy atom. The highest BCUT2D eigenvalue weighted by atomic mass is 32.2. The molecule has 0 spiro atoms. The lowest BCUT2D eigenvalue weighted by Gasteiger charge is -2.18. The highest BCUT2D eigenvalue weighted by molar-refractivity contribution is 7.91. The van der Waals surface area contributed by atoms with Gasteiger partial charge in [0.15, 0.2) is 15.6 Å². The van der Waals surface area contributed by atoms with Gasteiger partial charge in [-0.05, 0) is 62.9 Å². The standard InChI is InChI=1S/C21H24N2O4S/c1-13-20(14(2)23(22-13)17-8-9-28(25,26)12-17)11-16-5-4-15-10-18(27-3)6-7-19(15)21(16)24/h6-7,10-11,17H,4-5,8-9,12H2,1-3H3/b16-11+/t17-/m1/s1. The molecular formula is C21H24N2O4S. The highest BCUT2D eigenvalue weighted by Gasteiger charge is 2.31. The summed E-state index contributed by atoms with van der Waals surface area (Å²) in [4.78, 5) is 13.0. The Kier molecular flexibility index (Phi) is 4.65. The van der Waals surface area contributed by atoms with Gasteiger partial charge >= 0.3 is 0 Å². The summed E-state index contributed by atoms with van der Waals surface area (Å²) in [5, 5.41) is 4.60. The average Bonchev–Trinajstić information content (AvgIpc) is 3.16. The lowest BCUT2D eigenvalue weighted by molar-refractivity contribution is 0.102. The van der Waals surface area contributed by atoms with Crippen LogP contribution in [0, 0.1) is 13.8 Å². The van der Waals surface area contributed by atoms with Crippen molar-refractivity contribution in [3.63, 3.8) is 0 Å². The van der Waals surface area contributed by atoms with Crippen molar-refractivity contribution in [1.29, 1.82) is 0 Å². The van der Waals surface area contributed by atoms with Crippen LogP contribution in [0.15, 0.2) is 23.8 Å². The van der Waals surface area contributed by atoms with Crippen LogP contribution in [0.25, 0.3) is 6.08 Å². The number of ether oxygens (including phenoxy) is 1. The molecule has 2 aliphatic rings. The lowest BCUT2D eigenvalue weighted by atomic mass is 9.85. The van der Waals surface area contributed by atoms with Gasteiger partial charge in [-0.2, -0.15) is 5.10 Å². The number of aryl methyl sites for hydroxylation is 2. The molecule has 1 atom stereocenters. The summed E-state index contributed by atoms with van der Waals surface area (Å²) in [6.45, 7) is 3.86. The largest absolute Gasteiger partial charge is 0.497 e. The number of hydrogen-bond acceptors (Lipinski definition) is 5. The molecule has 1 fully saturated rings. The summed E-state index contributed by atoms with van der Waals surface area (Å²) < 4.78 is 30.8. The minimum Gasteiger partial charge on any atom is -0.497 e. The van der Waals surface area contributed by atoms with Gasteiger partial charge in [0, 0.05) is 22.4 Å². The van der Waals surface area contributed by atoms with Crippen molar-refractivity contribution in [3.8, 4) is 5.75 Å². The molecule has 6 nitrogen and oxygen atoms in total. The van der Waals surface area contributed by atoms with Gasteiger partial charge in [-0.15, -0.1) is 0 Å². The van der Waals surface area contributed by atoms with Gasteiger partial charge in [0.25, 0.3) is 0 Å². The van der Waals surface area contributed by atoms with Gasteiger partial charge in [-0.1, -0.05) is 0 Å². The van der Waals surface area contributed by atoms with E-state index in [9.17, 15) is 13.2 Å². The molecule has 0 saturated carbocycles. The lowest BCUT2D eigenvalue weighted by Crippen LogP contribution is -2.15. The number of methoxy groups -OCH3 is 1. The topological polar surface area (TPSA) is 78.3 Å². The van der Waals surface area contributed by atoms with Crippen LogP contribution in [0.3, 0.4) is 0 Å². The monoisotopic (exact) mass is 400 g/mol. The van der Waals surface area contributed by atoms with Gasteiger partial charge in [-0.25, -0.2) is 8.42 Å². The van der Waals surface area contributed by atoms with Crippen molar-refractivity contribution in [1.82, 2.24) is 9.78 Å². The number of sulfone groups is 1. The number of benzene rings is 1. The molecule has 0 radical (unpaired) electrons. The molecule has 7 heteroatoms. The summed E-state index contributed by atoms with van der Waals surface area (Å²) in [5.74, 6) is 1.15. The van der Waals surface area contributed by atoms with Gasteiger partial charge in [0.2, 0.25) is 0 Å². The van der Waals surface area contributed by atoms with Crippen molar-refractivity contribution in [2.24, 2.45) is 0 Å². The highest BCUT2D eigenvalue weighted by Crippen LogP contribution is 2.32. The number of carbonyl (C=O) groups excluding carboxylic acids is 1. The smallest absolute Gasteiger partial charge is 0.189 e. The Bertz CT molecular complexity index is 1100. The van der Waals surface area contributed by atoms with E-state index in [0.29, 0.717) is 12.8 Å². The van der Waals surface area contributed by atoms with Crippen LogP contribution in [0.4, 0.5) is 0 Å². The van der Waals surface area contributed by atoms with E-state index in [1.807, 2.05) is 42.8 Å². The molecule has 2 heterocycles. The molecule has 0 unspecified atom stereocenters. The third kappa shape index (κ3) is 3.28. The summed E-state index contributed by atoms with van der Waals surface area (Å²) in [6, 6.07) is 5.45. The molecule has 2 aromatic rings. The van der Waals surface area contributed by atoms with Gasteiger partial charge in [-0.3, -0.25) is 9.48 Å². The molecule has 1 saturated heterocycles. The fraction of sp³-hybridized carbons (Fsp3) is 0.429. The van der Waals surface area contributed by atoms with Crippen molar-refractivity contribution in [2.75, 3.05) is 18.6 Å². The molecule has 1 aromatic heterocycles. The van der Waals surface area contributed by atoms with Crippen LogP contribution >= 0.6 is 0 Å². The second-order valence-electron chi connectivity index (χ2n) is 7.61. The number of ketones is 1. The van der Waals surface area contributed by atoms with E-state index in [2.05, 4.69) is 5.10 Å². The molecule has 0 N–H and O–H groups in total. The Hall–Kier alpha value is -2.41. The molecule has 1 aliphatic carbocycles. The molecule has 1 aliphatic heterocycles. The number of carbonyl (C=O) groups is 1. The normalized spacial score (nSPS) is 22.5. The number of hydrogen-bond donors (Lipinski definition) is 0. The van der Waals surface area contributed by atoms with Crippen LogP contribution in [0.2, 0.25) is 0 Å². The fourth-order valence-corrected chi connectivity index (χ4v) is 5.89. The maximum atomic E-state index is 13.0. The molecule has 0 bridgehead atoms. The van der Waals surface area contributed by atoms with Crippen LogP contribution in [0.5, 0.6) is 5.75 Å². The van der Waals surface area contributed by atoms with Crippen molar-refractivity contribution in [2.45, 2.75) is 39.2 Å². The molecule has 4 rings (SSSR count). The summed E-state index contributed by atoms with van der Waals surface area (Å²) in [6.07, 6.45) is 3.99. The summed E-state index contributed by atoms with van der Waals surface area (Å²) in [7, 11) is -1.36. The minimum absolute atomic E-state index is 0.0406. The molecule has 28 heavy (non-hydrogen) atoms. The number of Topliss-reactive ketones (excluding diaryl/α,β-unsaturated/α-hetero) is 1. The van der Waals surface area contributed by atoms with E-state index >= 15 is 0 Å². The van der Waals surface area contributed by atoms with Crippen LogP contribution < -0.4 is 4.74 Å². The minimum atomic E-state index is -2.98. The summed E-state index contributed by atoms with van der Waals surface area (Å²) in [5.41, 5.74) is 5.17. The number of nitrogens with zero attached hydrogens (tertiary/aromatic N) is 2. The Balaban J connectivity index is 1.67. The average molecular weight is 401 g/mol. The molecule has 148 valence electrons. The first-order chi connectivity index (χ1) is 13.3. The number of fused-ring (bicyclic) bond motifs is 1. The van der Waals surface area contributed by atoms with E-state index < -0.39 is 9.84 Å². The van der Waals surface area contributed by atoms with Crippen LogP contribution in [-0.4, -0.2) is 42.6 Å². The van der Waals surface area contributed by atoms with Crippen molar-refractivity contribution >= 4 is 21.7 Å². The van der Waals surface area contributed by atoms with E-state index in [-0.39, 0.29) is 23.3 Å². The van der Waals surface area contributed by atoms with Crippen LogP contribution in [0.1, 0.15) is 51.8 Å². The second kappa shape index (κ2) is 6.88. The van der Waals surface area contributed by atoms with E-state index in [1.165, 1.54) is 0 Å². The zero-order valence-electron chi connectivity index (χ0n) is 16.4. The zero-order valence-corrected chi connectivity index (χ0v) is 17.2. The van der Waals surface area contributed by atoms with E-state index in [1.54, 1.807) is 7.11 Å². The van der Waals surface area contributed by atoms with Crippen LogP contribution in [-0.2, 0) is 16.3 Å². The molecular weight excluding hydrogens is 376 g/mol. The predicted octanol–water partition coefficient (Wildman–Crippen LogP) is 3.08. The first kappa shape index (κ1) is 18.9. The maximum Gasteiger partial charge on any atom is 0.189 e. The quantitative estimate of drug-likeness (QED) is 0.740. The van der Waals surface area contributed by atoms with Crippen molar-refractivity contribution < 1.29 is 17.9 Å². The maximum absolute atomic E-state index is 13.0. The number of allylic oxidation sites excluding steroid dienone is 1. The molecule has 1 aromatic carbocycles. The van der Waals surface area contributed by atoms with Gasteiger partial charge < -0.3 is 4.74 Å². The van der Waals surface area contributed by atoms with Gasteiger partial charge in [0.05, 0.1) is 30.4 Å². The molecule has 0 amide bonds. The SMILES string of the molecule is COc1ccc2c(c1)CC/C(=C\c1c(C)nn([C@@H]3CCS(=O)(=O)C3)c1C)C2=O. The Morgan fingerprint density at radius 3 is 2.71 bits per heavy atom. The zero-order chi connectivity index (χ0) is 20.1. The van der Waals surface area contributed by atoms with E-state index in [4.69, 9.17) is 4.74 Å². The third-order valence-corrected chi connectivity index (χ3v) is 7.52. The Labute approximate surface area is 165 Å². The summed E-state index contributed by atoms with van der Waals surface area (Å²) >= 11 is 0. The first-order valence-electron chi connectivity index (χ1n) is 9.47. The van der Waals surface area contributed by atoms with Crippen molar-refractivity contribution in [3.05, 3.63) is 51.9 Å². The Morgan fingerprint density at radius 2 is 2.04 bits per heavy atom. The van der Waals surface area contributed by atoms with Gasteiger partial charge in [0.1, 0.15) is 5.75 Å². The second-order valence-corrected chi connectivity index (χ2v) is 9.84. The number of aromatic nitrogens is 2. The first-order valence-corrected chi connectivity index (χ1v) is 11.3. The predicted molar refractivity (Wildman–Crippen MR) is 108 cm³/mol. The van der Waals surface area contributed by atoms with E-state index in [0.717, 1.165) is 45.8 Å². The third-order valence-electron chi connectivity index (χ3n) is 5.77. The fourth-order valence-electron chi connectivity index (χ4n) is 4.20.